The SMILES string of the molecule is Cc1cc2c(cc1/C=N\NC(=O)c1ccc(Cl)cc1)[C@H](C)CC(C)(C)N2C(C)C. The molecule has 2 aromatic rings. The van der Waals surface area contributed by atoms with Crippen LogP contribution in [0, 0.1) is 6.92 Å². The number of rotatable bonds is 4. The molecule has 0 fully saturated rings. The number of carbonyl (C=O) groups excluding carboxylic acids is 1. The van der Waals surface area contributed by atoms with Gasteiger partial charge < -0.3 is 4.90 Å². The summed E-state index contributed by atoms with van der Waals surface area (Å²) in [5, 5.41) is 4.79. The lowest BCUT2D eigenvalue weighted by molar-refractivity contribution is 0.0955. The van der Waals surface area contributed by atoms with Crippen LogP contribution in [0.25, 0.3) is 0 Å². The second-order valence-electron chi connectivity index (χ2n) is 8.85. The number of amides is 1. The van der Waals surface area contributed by atoms with Crippen LogP contribution in [0.5, 0.6) is 0 Å². The van der Waals surface area contributed by atoms with Crippen molar-refractivity contribution >= 4 is 29.4 Å². The Labute approximate surface area is 179 Å². The highest BCUT2D eigenvalue weighted by Gasteiger charge is 2.37. The van der Waals surface area contributed by atoms with Crippen molar-refractivity contribution in [3.63, 3.8) is 0 Å². The maximum atomic E-state index is 12.2. The summed E-state index contributed by atoms with van der Waals surface area (Å²) in [5.74, 6) is 0.209. The molecule has 0 saturated heterocycles. The van der Waals surface area contributed by atoms with Crippen LogP contribution in [-0.2, 0) is 0 Å². The Hall–Kier alpha value is -2.33. The first kappa shape index (κ1) is 21.4. The minimum atomic E-state index is -0.255. The summed E-state index contributed by atoms with van der Waals surface area (Å²) in [6.45, 7) is 13.5. The Balaban J connectivity index is 1.85. The van der Waals surface area contributed by atoms with Gasteiger partial charge in [0, 0.05) is 27.9 Å². The van der Waals surface area contributed by atoms with Gasteiger partial charge in [-0.2, -0.15) is 5.10 Å². The van der Waals surface area contributed by atoms with E-state index < -0.39 is 0 Å². The Bertz CT molecular complexity index is 932. The average Bonchev–Trinajstić information content (AvgIpc) is 2.62. The molecule has 0 aromatic heterocycles. The van der Waals surface area contributed by atoms with Gasteiger partial charge in [0.2, 0.25) is 0 Å². The van der Waals surface area contributed by atoms with Crippen molar-refractivity contribution in [2.24, 2.45) is 5.10 Å². The molecule has 154 valence electrons. The summed E-state index contributed by atoms with van der Waals surface area (Å²) >= 11 is 5.87. The summed E-state index contributed by atoms with van der Waals surface area (Å²) in [7, 11) is 0. The van der Waals surface area contributed by atoms with E-state index in [1.165, 1.54) is 11.3 Å². The molecule has 1 amide bonds. The van der Waals surface area contributed by atoms with E-state index in [2.05, 4.69) is 69.1 Å². The Morgan fingerprint density at radius 2 is 1.93 bits per heavy atom. The third kappa shape index (κ3) is 4.48. The number of hydrogen-bond acceptors (Lipinski definition) is 3. The first-order valence-electron chi connectivity index (χ1n) is 10.1. The van der Waals surface area contributed by atoms with Crippen LogP contribution in [0.2, 0.25) is 5.02 Å². The minimum absolute atomic E-state index is 0.120. The fourth-order valence-electron chi connectivity index (χ4n) is 4.56. The molecule has 0 radical (unpaired) electrons. The zero-order valence-electron chi connectivity index (χ0n) is 18.1. The molecule has 0 saturated carbocycles. The number of benzene rings is 2. The molecular formula is C24H30ClN3O. The number of hydrogen-bond donors (Lipinski definition) is 1. The van der Waals surface area contributed by atoms with E-state index in [-0.39, 0.29) is 11.4 Å². The van der Waals surface area contributed by atoms with Gasteiger partial charge in [-0.15, -0.1) is 0 Å². The van der Waals surface area contributed by atoms with Crippen LogP contribution < -0.4 is 10.3 Å². The molecule has 3 rings (SSSR count). The van der Waals surface area contributed by atoms with Crippen molar-refractivity contribution in [2.75, 3.05) is 4.90 Å². The second kappa shape index (κ2) is 8.19. The van der Waals surface area contributed by atoms with Gasteiger partial charge in [-0.3, -0.25) is 4.79 Å². The smallest absolute Gasteiger partial charge is 0.271 e. The van der Waals surface area contributed by atoms with E-state index in [1.807, 2.05) is 0 Å². The molecule has 2 aromatic carbocycles. The van der Waals surface area contributed by atoms with E-state index in [0.29, 0.717) is 22.5 Å². The van der Waals surface area contributed by atoms with Gasteiger partial charge in [0.1, 0.15) is 0 Å². The van der Waals surface area contributed by atoms with Crippen molar-refractivity contribution < 1.29 is 4.79 Å². The van der Waals surface area contributed by atoms with Crippen LogP contribution in [-0.4, -0.2) is 23.7 Å². The highest BCUT2D eigenvalue weighted by molar-refractivity contribution is 6.30. The van der Waals surface area contributed by atoms with Gasteiger partial charge in [0.15, 0.2) is 0 Å². The van der Waals surface area contributed by atoms with E-state index in [0.717, 1.165) is 17.5 Å². The largest absolute Gasteiger partial charge is 0.364 e. The lowest BCUT2D eigenvalue weighted by Gasteiger charge is -2.50. The van der Waals surface area contributed by atoms with Crippen LogP contribution in [0.3, 0.4) is 0 Å². The summed E-state index contributed by atoms with van der Waals surface area (Å²) < 4.78 is 0. The lowest BCUT2D eigenvalue weighted by atomic mass is 9.78. The molecule has 29 heavy (non-hydrogen) atoms. The number of carbonyl (C=O) groups is 1. The molecule has 1 aliphatic heterocycles. The van der Waals surface area contributed by atoms with E-state index in [4.69, 9.17) is 11.6 Å². The molecule has 0 aliphatic carbocycles. The summed E-state index contributed by atoms with van der Waals surface area (Å²) in [6, 6.07) is 11.7. The standard InChI is InChI=1S/C24H30ClN3O/c1-15(2)28-22-11-16(3)19(12-21(22)17(4)13-24(28,5)6)14-26-27-23(29)18-7-9-20(25)10-8-18/h7-12,14-15,17H,13H2,1-6H3,(H,27,29)/b26-14-/t17-/m1/s1. The summed E-state index contributed by atoms with van der Waals surface area (Å²) in [5.41, 5.74) is 8.06. The minimum Gasteiger partial charge on any atom is -0.364 e. The fraction of sp³-hybridized carbons (Fsp3) is 0.417. The van der Waals surface area contributed by atoms with Crippen LogP contribution in [0.15, 0.2) is 41.5 Å². The van der Waals surface area contributed by atoms with Gasteiger partial charge in [0.05, 0.1) is 6.21 Å². The molecule has 1 N–H and O–H groups in total. The summed E-state index contributed by atoms with van der Waals surface area (Å²) in [4.78, 5) is 14.8. The maximum absolute atomic E-state index is 12.2. The zero-order valence-corrected chi connectivity index (χ0v) is 18.8. The van der Waals surface area contributed by atoms with Crippen molar-refractivity contribution in [2.45, 2.75) is 65.5 Å². The molecule has 5 heteroatoms. The number of halogens is 1. The van der Waals surface area contributed by atoms with Gasteiger partial charge in [0.25, 0.3) is 5.91 Å². The number of fused-ring (bicyclic) bond motifs is 1. The first-order chi connectivity index (χ1) is 13.6. The zero-order chi connectivity index (χ0) is 21.3. The van der Waals surface area contributed by atoms with Crippen LogP contribution >= 0.6 is 11.6 Å². The number of nitrogens with one attached hydrogen (secondary N) is 1. The summed E-state index contributed by atoms with van der Waals surface area (Å²) in [6.07, 6.45) is 2.83. The lowest BCUT2D eigenvalue weighted by Crippen LogP contribution is -2.51. The molecule has 0 spiro atoms. The number of anilines is 1. The third-order valence-corrected chi connectivity index (χ3v) is 5.91. The molecule has 1 heterocycles. The van der Waals surface area contributed by atoms with Crippen molar-refractivity contribution in [3.8, 4) is 0 Å². The monoisotopic (exact) mass is 411 g/mol. The predicted octanol–water partition coefficient (Wildman–Crippen LogP) is 5.91. The van der Waals surface area contributed by atoms with Crippen molar-refractivity contribution in [1.82, 2.24) is 5.43 Å². The number of aryl methyl sites for hydroxylation is 1. The molecule has 1 aliphatic rings. The quantitative estimate of drug-likeness (QED) is 0.501. The average molecular weight is 412 g/mol. The second-order valence-corrected chi connectivity index (χ2v) is 9.29. The number of hydrazone groups is 1. The highest BCUT2D eigenvalue weighted by Crippen LogP contribution is 2.45. The Morgan fingerprint density at radius 1 is 1.28 bits per heavy atom. The topological polar surface area (TPSA) is 44.7 Å². The Kier molecular flexibility index (Phi) is 6.04. The van der Waals surface area contributed by atoms with Crippen molar-refractivity contribution in [3.05, 3.63) is 63.7 Å². The number of nitrogens with zero attached hydrogens (tertiary/aromatic N) is 2. The Morgan fingerprint density at radius 3 is 2.55 bits per heavy atom. The molecular weight excluding hydrogens is 382 g/mol. The van der Waals surface area contributed by atoms with Gasteiger partial charge in [-0.1, -0.05) is 18.5 Å². The molecule has 0 unspecified atom stereocenters. The molecule has 4 nitrogen and oxygen atoms in total. The maximum Gasteiger partial charge on any atom is 0.271 e. The van der Waals surface area contributed by atoms with Gasteiger partial charge >= 0.3 is 0 Å². The van der Waals surface area contributed by atoms with E-state index in [9.17, 15) is 4.79 Å². The van der Waals surface area contributed by atoms with E-state index >= 15 is 0 Å². The molecule has 1 atom stereocenters. The predicted molar refractivity (Wildman–Crippen MR) is 122 cm³/mol. The van der Waals surface area contributed by atoms with Crippen LogP contribution in [0.4, 0.5) is 5.69 Å². The van der Waals surface area contributed by atoms with Gasteiger partial charge in [-0.25, -0.2) is 5.43 Å². The fourth-order valence-corrected chi connectivity index (χ4v) is 4.68. The highest BCUT2D eigenvalue weighted by atomic mass is 35.5. The third-order valence-electron chi connectivity index (χ3n) is 5.66. The van der Waals surface area contributed by atoms with Crippen molar-refractivity contribution in [1.29, 1.82) is 0 Å². The normalized spacial score (nSPS) is 18.2. The van der Waals surface area contributed by atoms with Crippen LogP contribution in [0.1, 0.15) is 74.0 Å². The van der Waals surface area contributed by atoms with Gasteiger partial charge in [-0.05, 0) is 100 Å². The first-order valence-corrected chi connectivity index (χ1v) is 10.5. The molecule has 0 bridgehead atoms. The van der Waals surface area contributed by atoms with E-state index in [1.54, 1.807) is 30.5 Å².